The Labute approximate surface area is 103 Å². The second-order valence-electron chi connectivity index (χ2n) is 5.34. The maximum atomic E-state index is 12.1. The summed E-state index contributed by atoms with van der Waals surface area (Å²) in [5.41, 5.74) is 5.84. The van der Waals surface area contributed by atoms with Gasteiger partial charge >= 0.3 is 0 Å². The van der Waals surface area contributed by atoms with Gasteiger partial charge in [0.2, 0.25) is 5.91 Å². The molecule has 98 valence electrons. The molecule has 2 saturated heterocycles. The van der Waals surface area contributed by atoms with Crippen molar-refractivity contribution < 1.29 is 9.53 Å². The standard InChI is InChI=1S/C12H23N3O2/c1-9-5-15(6-10(2)17-9)12(16)8-14-4-3-11(13)7-14/h9-11H,3-8,13H2,1-2H3/t9?,10?,11-/m1/s1. The van der Waals surface area contributed by atoms with E-state index in [9.17, 15) is 4.79 Å². The molecule has 0 aromatic rings. The van der Waals surface area contributed by atoms with Gasteiger partial charge in [-0.25, -0.2) is 0 Å². The number of hydrogen-bond donors (Lipinski definition) is 1. The minimum absolute atomic E-state index is 0.142. The number of morpholine rings is 1. The van der Waals surface area contributed by atoms with E-state index in [1.807, 2.05) is 18.7 Å². The first kappa shape index (κ1) is 12.8. The normalized spacial score (nSPS) is 35.2. The summed E-state index contributed by atoms with van der Waals surface area (Å²) in [6, 6.07) is 0.241. The summed E-state index contributed by atoms with van der Waals surface area (Å²) >= 11 is 0. The summed E-state index contributed by atoms with van der Waals surface area (Å²) in [6.45, 7) is 7.76. The Bertz CT molecular complexity index is 275. The minimum Gasteiger partial charge on any atom is -0.372 e. The highest BCUT2D eigenvalue weighted by atomic mass is 16.5. The van der Waals surface area contributed by atoms with Crippen molar-refractivity contribution in [2.75, 3.05) is 32.7 Å². The zero-order chi connectivity index (χ0) is 12.4. The van der Waals surface area contributed by atoms with Crippen molar-refractivity contribution in [2.45, 2.75) is 38.5 Å². The zero-order valence-electron chi connectivity index (χ0n) is 10.8. The number of carbonyl (C=O) groups is 1. The number of hydrogen-bond acceptors (Lipinski definition) is 4. The molecule has 0 aromatic carbocycles. The quantitative estimate of drug-likeness (QED) is 0.718. The van der Waals surface area contributed by atoms with Gasteiger partial charge in [-0.3, -0.25) is 9.69 Å². The van der Waals surface area contributed by atoms with Crippen molar-refractivity contribution >= 4 is 5.91 Å². The number of amides is 1. The van der Waals surface area contributed by atoms with E-state index in [1.54, 1.807) is 0 Å². The highest BCUT2D eigenvalue weighted by Crippen LogP contribution is 2.12. The fraction of sp³-hybridized carbons (Fsp3) is 0.917. The number of likely N-dealkylation sites (tertiary alicyclic amines) is 1. The highest BCUT2D eigenvalue weighted by Gasteiger charge is 2.28. The van der Waals surface area contributed by atoms with Gasteiger partial charge in [-0.1, -0.05) is 0 Å². The van der Waals surface area contributed by atoms with Crippen molar-refractivity contribution in [1.29, 1.82) is 0 Å². The summed E-state index contributed by atoms with van der Waals surface area (Å²) in [4.78, 5) is 16.2. The van der Waals surface area contributed by atoms with Crippen LogP contribution >= 0.6 is 0 Å². The predicted octanol–water partition coefficient (Wildman–Crippen LogP) is -0.345. The molecule has 5 heteroatoms. The summed E-state index contributed by atoms with van der Waals surface area (Å²) < 4.78 is 5.63. The second kappa shape index (κ2) is 5.33. The van der Waals surface area contributed by atoms with E-state index >= 15 is 0 Å². The third-order valence-corrected chi connectivity index (χ3v) is 3.44. The first-order chi connectivity index (χ1) is 8.04. The molecule has 2 unspecified atom stereocenters. The van der Waals surface area contributed by atoms with Crippen LogP contribution in [0.3, 0.4) is 0 Å². The van der Waals surface area contributed by atoms with Crippen LogP contribution in [0.2, 0.25) is 0 Å². The Kier molecular flexibility index (Phi) is 4.01. The van der Waals surface area contributed by atoms with E-state index in [0.29, 0.717) is 19.6 Å². The molecule has 2 heterocycles. The van der Waals surface area contributed by atoms with Gasteiger partial charge in [-0.05, 0) is 20.3 Å². The van der Waals surface area contributed by atoms with Crippen molar-refractivity contribution in [1.82, 2.24) is 9.80 Å². The first-order valence-corrected chi connectivity index (χ1v) is 6.45. The Morgan fingerprint density at radius 1 is 1.29 bits per heavy atom. The summed E-state index contributed by atoms with van der Waals surface area (Å²) in [6.07, 6.45) is 1.29. The molecule has 5 nitrogen and oxygen atoms in total. The lowest BCUT2D eigenvalue weighted by atomic mass is 10.2. The van der Waals surface area contributed by atoms with Crippen LogP contribution < -0.4 is 5.73 Å². The molecule has 2 fully saturated rings. The van der Waals surface area contributed by atoms with Gasteiger partial charge in [0.25, 0.3) is 0 Å². The Morgan fingerprint density at radius 2 is 1.94 bits per heavy atom. The van der Waals surface area contributed by atoms with Gasteiger partial charge < -0.3 is 15.4 Å². The van der Waals surface area contributed by atoms with E-state index in [4.69, 9.17) is 10.5 Å². The molecule has 0 aromatic heterocycles. The van der Waals surface area contributed by atoms with Crippen molar-refractivity contribution in [3.63, 3.8) is 0 Å². The van der Waals surface area contributed by atoms with Crippen molar-refractivity contribution in [3.8, 4) is 0 Å². The van der Waals surface area contributed by atoms with Gasteiger partial charge in [0, 0.05) is 32.2 Å². The lowest BCUT2D eigenvalue weighted by Gasteiger charge is -2.36. The molecule has 0 bridgehead atoms. The molecular formula is C12H23N3O2. The number of carbonyl (C=O) groups excluding carboxylic acids is 1. The molecule has 2 N–H and O–H groups in total. The predicted molar refractivity (Wildman–Crippen MR) is 65.6 cm³/mol. The molecule has 0 saturated carbocycles. The second-order valence-corrected chi connectivity index (χ2v) is 5.34. The van der Waals surface area contributed by atoms with Crippen LogP contribution in [0.5, 0.6) is 0 Å². The van der Waals surface area contributed by atoms with Gasteiger partial charge in [-0.2, -0.15) is 0 Å². The monoisotopic (exact) mass is 241 g/mol. The molecule has 0 radical (unpaired) electrons. The number of nitrogens with two attached hydrogens (primary N) is 1. The smallest absolute Gasteiger partial charge is 0.236 e. The van der Waals surface area contributed by atoms with Crippen LogP contribution in [-0.2, 0) is 9.53 Å². The number of nitrogens with zero attached hydrogens (tertiary/aromatic N) is 2. The Hall–Kier alpha value is -0.650. The van der Waals surface area contributed by atoms with Crippen LogP contribution in [0.15, 0.2) is 0 Å². The molecule has 0 aliphatic carbocycles. The first-order valence-electron chi connectivity index (χ1n) is 6.45. The number of rotatable bonds is 2. The lowest BCUT2D eigenvalue weighted by Crippen LogP contribution is -2.51. The van der Waals surface area contributed by atoms with Gasteiger partial charge in [-0.15, -0.1) is 0 Å². The molecule has 2 aliphatic rings. The minimum atomic E-state index is 0.142. The third kappa shape index (κ3) is 3.40. The van der Waals surface area contributed by atoms with Gasteiger partial charge in [0.1, 0.15) is 0 Å². The highest BCUT2D eigenvalue weighted by molar-refractivity contribution is 5.78. The molecule has 1 amide bonds. The van der Waals surface area contributed by atoms with Crippen LogP contribution in [0.25, 0.3) is 0 Å². The van der Waals surface area contributed by atoms with E-state index in [1.165, 1.54) is 0 Å². The van der Waals surface area contributed by atoms with Crippen LogP contribution in [-0.4, -0.2) is 66.7 Å². The molecule has 2 rings (SSSR count). The van der Waals surface area contributed by atoms with Crippen LogP contribution in [0.4, 0.5) is 0 Å². The summed E-state index contributed by atoms with van der Waals surface area (Å²) in [5.74, 6) is 0.209. The topological polar surface area (TPSA) is 58.8 Å². The van der Waals surface area contributed by atoms with Crippen molar-refractivity contribution in [3.05, 3.63) is 0 Å². The molecule has 2 aliphatic heterocycles. The zero-order valence-corrected chi connectivity index (χ0v) is 10.8. The average molecular weight is 241 g/mol. The average Bonchev–Trinajstić information content (AvgIpc) is 2.62. The molecule has 0 spiro atoms. The Balaban J connectivity index is 1.82. The van der Waals surface area contributed by atoms with E-state index < -0.39 is 0 Å². The molecule has 3 atom stereocenters. The lowest BCUT2D eigenvalue weighted by molar-refractivity contribution is -0.144. The maximum Gasteiger partial charge on any atom is 0.236 e. The van der Waals surface area contributed by atoms with E-state index in [2.05, 4.69) is 4.90 Å². The molecule has 17 heavy (non-hydrogen) atoms. The fourth-order valence-electron chi connectivity index (χ4n) is 2.68. The van der Waals surface area contributed by atoms with E-state index in [0.717, 1.165) is 19.5 Å². The summed E-state index contributed by atoms with van der Waals surface area (Å²) in [5, 5.41) is 0. The Morgan fingerprint density at radius 3 is 2.47 bits per heavy atom. The van der Waals surface area contributed by atoms with E-state index in [-0.39, 0.29) is 24.2 Å². The molecular weight excluding hydrogens is 218 g/mol. The van der Waals surface area contributed by atoms with Crippen molar-refractivity contribution in [2.24, 2.45) is 5.73 Å². The van der Waals surface area contributed by atoms with Gasteiger partial charge in [0.05, 0.1) is 18.8 Å². The fourth-order valence-corrected chi connectivity index (χ4v) is 2.68. The number of ether oxygens (including phenoxy) is 1. The summed E-state index contributed by atoms with van der Waals surface area (Å²) in [7, 11) is 0. The largest absolute Gasteiger partial charge is 0.372 e. The van der Waals surface area contributed by atoms with Crippen LogP contribution in [0.1, 0.15) is 20.3 Å². The maximum absolute atomic E-state index is 12.1. The van der Waals surface area contributed by atoms with Gasteiger partial charge in [0.15, 0.2) is 0 Å². The third-order valence-electron chi connectivity index (χ3n) is 3.44. The SMILES string of the molecule is CC1CN(C(=O)CN2CC[C@@H](N)C2)CC(C)O1. The van der Waals surface area contributed by atoms with Crippen LogP contribution in [0, 0.1) is 0 Å².